The lowest BCUT2D eigenvalue weighted by Gasteiger charge is -2.32. The summed E-state index contributed by atoms with van der Waals surface area (Å²) in [5.74, 6) is 0.415. The average molecular weight is 376 g/mol. The van der Waals surface area contributed by atoms with Crippen molar-refractivity contribution >= 4 is 5.97 Å². The van der Waals surface area contributed by atoms with E-state index in [0.29, 0.717) is 29.4 Å². The van der Waals surface area contributed by atoms with Gasteiger partial charge in [0.15, 0.2) is 17.6 Å². The number of benzene rings is 3. The van der Waals surface area contributed by atoms with Crippen LogP contribution in [0.4, 0.5) is 0 Å². The molecule has 5 heteroatoms. The number of aliphatic carboxylic acids is 1. The summed E-state index contributed by atoms with van der Waals surface area (Å²) >= 11 is 0. The fourth-order valence-electron chi connectivity index (χ4n) is 3.14. The third-order valence-corrected chi connectivity index (χ3v) is 4.62. The number of fused-ring (bicyclic) bond motifs is 1. The number of aryl methyl sites for hydroxylation is 1. The van der Waals surface area contributed by atoms with E-state index in [2.05, 4.69) is 0 Å². The molecule has 2 unspecified atom stereocenters. The van der Waals surface area contributed by atoms with Crippen molar-refractivity contribution in [3.8, 4) is 17.2 Å². The van der Waals surface area contributed by atoms with E-state index in [1.165, 1.54) is 5.56 Å². The zero-order chi connectivity index (χ0) is 19.5. The molecule has 5 nitrogen and oxygen atoms in total. The van der Waals surface area contributed by atoms with Crippen LogP contribution in [0.3, 0.4) is 0 Å². The Labute approximate surface area is 163 Å². The molecule has 28 heavy (non-hydrogen) atoms. The lowest BCUT2D eigenvalue weighted by atomic mass is 10.0. The Hall–Kier alpha value is -3.47. The van der Waals surface area contributed by atoms with E-state index >= 15 is 0 Å². The van der Waals surface area contributed by atoms with Gasteiger partial charge in [0, 0.05) is 5.56 Å². The average Bonchev–Trinajstić information content (AvgIpc) is 2.72. The summed E-state index contributed by atoms with van der Waals surface area (Å²) in [6, 6.07) is 22.4. The largest absolute Gasteiger partial charge is 0.488 e. The van der Waals surface area contributed by atoms with E-state index in [1.807, 2.05) is 61.5 Å². The van der Waals surface area contributed by atoms with Gasteiger partial charge in [-0.15, -0.1) is 0 Å². The first-order valence-electron chi connectivity index (χ1n) is 9.04. The molecule has 0 aromatic heterocycles. The summed E-state index contributed by atoms with van der Waals surface area (Å²) in [5, 5.41) is 9.67. The van der Waals surface area contributed by atoms with Crippen molar-refractivity contribution in [1.29, 1.82) is 0 Å². The molecule has 0 bridgehead atoms. The van der Waals surface area contributed by atoms with E-state index in [4.69, 9.17) is 14.2 Å². The molecule has 1 aliphatic rings. The molecule has 3 aromatic rings. The van der Waals surface area contributed by atoms with E-state index in [1.54, 1.807) is 18.2 Å². The maximum atomic E-state index is 11.8. The lowest BCUT2D eigenvalue weighted by molar-refractivity contribution is -0.151. The Morgan fingerprint density at radius 1 is 0.929 bits per heavy atom. The fourth-order valence-corrected chi connectivity index (χ4v) is 3.14. The molecule has 3 aromatic carbocycles. The van der Waals surface area contributed by atoms with E-state index < -0.39 is 18.2 Å². The van der Waals surface area contributed by atoms with Gasteiger partial charge in [0.05, 0.1) is 0 Å². The highest BCUT2D eigenvalue weighted by Gasteiger charge is 2.39. The van der Waals surface area contributed by atoms with E-state index in [-0.39, 0.29) is 0 Å². The number of hydrogen-bond acceptors (Lipinski definition) is 4. The van der Waals surface area contributed by atoms with Crippen LogP contribution in [0.5, 0.6) is 17.2 Å². The molecule has 0 spiro atoms. The van der Waals surface area contributed by atoms with Gasteiger partial charge in [0.25, 0.3) is 0 Å². The van der Waals surface area contributed by atoms with Crippen molar-refractivity contribution in [2.75, 3.05) is 0 Å². The molecule has 1 aliphatic heterocycles. The molecule has 0 amide bonds. The summed E-state index contributed by atoms with van der Waals surface area (Å²) < 4.78 is 17.7. The second-order valence-corrected chi connectivity index (χ2v) is 6.67. The number of hydrogen-bond donors (Lipinski definition) is 1. The summed E-state index contributed by atoms with van der Waals surface area (Å²) in [5.41, 5.74) is 2.85. The first-order chi connectivity index (χ1) is 13.6. The number of carbonyl (C=O) groups is 1. The summed E-state index contributed by atoms with van der Waals surface area (Å²) in [4.78, 5) is 11.8. The highest BCUT2D eigenvalue weighted by Crippen LogP contribution is 2.41. The molecule has 0 radical (unpaired) electrons. The topological polar surface area (TPSA) is 65.0 Å². The molecule has 1 heterocycles. The summed E-state index contributed by atoms with van der Waals surface area (Å²) in [6.45, 7) is 2.41. The molecule has 2 atom stereocenters. The Morgan fingerprint density at radius 2 is 1.57 bits per heavy atom. The summed E-state index contributed by atoms with van der Waals surface area (Å²) in [7, 11) is 0. The van der Waals surface area contributed by atoms with Gasteiger partial charge in [-0.05, 0) is 30.7 Å². The predicted molar refractivity (Wildman–Crippen MR) is 104 cm³/mol. The zero-order valence-corrected chi connectivity index (χ0v) is 15.4. The van der Waals surface area contributed by atoms with Gasteiger partial charge in [0.2, 0.25) is 6.10 Å². The molecule has 1 N–H and O–H groups in total. The monoisotopic (exact) mass is 376 g/mol. The molecular formula is C23H20O5. The van der Waals surface area contributed by atoms with Gasteiger partial charge >= 0.3 is 5.97 Å². The van der Waals surface area contributed by atoms with Gasteiger partial charge < -0.3 is 19.3 Å². The van der Waals surface area contributed by atoms with Gasteiger partial charge in [-0.2, -0.15) is 0 Å². The third-order valence-electron chi connectivity index (χ3n) is 4.62. The Bertz CT molecular complexity index is 980. The predicted octanol–water partition coefficient (Wildman–Crippen LogP) is 4.54. The van der Waals surface area contributed by atoms with Gasteiger partial charge in [0.1, 0.15) is 12.4 Å². The van der Waals surface area contributed by atoms with Crippen molar-refractivity contribution in [2.24, 2.45) is 0 Å². The Kier molecular flexibility index (Phi) is 4.89. The number of carboxylic acid groups (broad SMARTS) is 1. The Balaban J connectivity index is 1.62. The standard InChI is InChI=1S/C23H20O5/c1-15-10-12-16(13-11-15)14-26-18-7-3-2-6-17(18)21-22(23(24)25)28-20-9-5-4-8-19(20)27-21/h2-13,21-22H,14H2,1H3,(H,24,25). The maximum absolute atomic E-state index is 11.8. The molecule has 0 saturated heterocycles. The molecule has 0 fully saturated rings. The lowest BCUT2D eigenvalue weighted by Crippen LogP contribution is -2.39. The quantitative estimate of drug-likeness (QED) is 0.708. The molecule has 4 rings (SSSR count). The fraction of sp³-hybridized carbons (Fsp3) is 0.174. The van der Waals surface area contributed by atoms with E-state index in [9.17, 15) is 9.90 Å². The second kappa shape index (κ2) is 7.64. The molecular weight excluding hydrogens is 356 g/mol. The van der Waals surface area contributed by atoms with Crippen LogP contribution in [0.15, 0.2) is 72.8 Å². The highest BCUT2D eigenvalue weighted by molar-refractivity contribution is 5.75. The SMILES string of the molecule is Cc1ccc(COc2ccccc2C2Oc3ccccc3OC2C(=O)O)cc1. The number of ether oxygens (including phenoxy) is 3. The second-order valence-electron chi connectivity index (χ2n) is 6.67. The summed E-state index contributed by atoms with van der Waals surface area (Å²) in [6.07, 6.45) is -1.99. The van der Waals surface area contributed by atoms with Crippen molar-refractivity contribution < 1.29 is 24.1 Å². The maximum Gasteiger partial charge on any atom is 0.349 e. The van der Waals surface area contributed by atoms with Crippen molar-refractivity contribution in [1.82, 2.24) is 0 Å². The van der Waals surface area contributed by atoms with Gasteiger partial charge in [-0.1, -0.05) is 60.2 Å². The molecule has 0 saturated carbocycles. The van der Waals surface area contributed by atoms with Crippen LogP contribution in [0, 0.1) is 6.92 Å². The van der Waals surface area contributed by atoms with Crippen molar-refractivity contribution in [3.05, 3.63) is 89.5 Å². The van der Waals surface area contributed by atoms with Gasteiger partial charge in [-0.3, -0.25) is 0 Å². The van der Waals surface area contributed by atoms with Crippen molar-refractivity contribution in [3.63, 3.8) is 0 Å². The first-order valence-corrected chi connectivity index (χ1v) is 9.04. The van der Waals surface area contributed by atoms with E-state index in [0.717, 1.165) is 5.56 Å². The van der Waals surface area contributed by atoms with Crippen LogP contribution in [0.1, 0.15) is 22.8 Å². The van der Waals surface area contributed by atoms with Crippen LogP contribution in [0.25, 0.3) is 0 Å². The minimum Gasteiger partial charge on any atom is -0.488 e. The van der Waals surface area contributed by atoms with Crippen molar-refractivity contribution in [2.45, 2.75) is 25.7 Å². The number of carboxylic acids is 1. The molecule has 142 valence electrons. The van der Waals surface area contributed by atoms with Crippen LogP contribution in [-0.4, -0.2) is 17.2 Å². The zero-order valence-electron chi connectivity index (χ0n) is 15.4. The van der Waals surface area contributed by atoms with Crippen LogP contribution in [-0.2, 0) is 11.4 Å². The van der Waals surface area contributed by atoms with Crippen LogP contribution >= 0.6 is 0 Å². The smallest absolute Gasteiger partial charge is 0.349 e. The number of rotatable bonds is 5. The third kappa shape index (κ3) is 3.64. The highest BCUT2D eigenvalue weighted by atomic mass is 16.6. The number of para-hydroxylation sites is 3. The normalized spacial score (nSPS) is 17.8. The first kappa shape index (κ1) is 17.9. The van der Waals surface area contributed by atoms with Crippen LogP contribution < -0.4 is 14.2 Å². The minimum atomic E-state index is -1.17. The van der Waals surface area contributed by atoms with Gasteiger partial charge in [-0.25, -0.2) is 4.79 Å². The molecule has 0 aliphatic carbocycles. The minimum absolute atomic E-state index is 0.374. The Morgan fingerprint density at radius 3 is 2.29 bits per heavy atom. The van der Waals surface area contributed by atoms with Crippen LogP contribution in [0.2, 0.25) is 0 Å².